The van der Waals surface area contributed by atoms with Crippen molar-refractivity contribution >= 4 is 33.0 Å². The van der Waals surface area contributed by atoms with Crippen molar-refractivity contribution in [3.8, 4) is 0 Å². The first-order valence-corrected chi connectivity index (χ1v) is 10.4. The summed E-state index contributed by atoms with van der Waals surface area (Å²) in [5.41, 5.74) is 0.643. The molecule has 2 aromatic rings. The van der Waals surface area contributed by atoms with Gasteiger partial charge in [0.2, 0.25) is 0 Å². The minimum Gasteiger partial charge on any atom is -0.387 e. The summed E-state index contributed by atoms with van der Waals surface area (Å²) in [6.07, 6.45) is -0.736. The molecule has 0 amide bonds. The van der Waals surface area contributed by atoms with Crippen molar-refractivity contribution in [2.75, 3.05) is 32.7 Å². The molecule has 1 atom stereocenters. The van der Waals surface area contributed by atoms with Gasteiger partial charge < -0.3 is 5.11 Å². The Kier molecular flexibility index (Phi) is 5.77. The van der Waals surface area contributed by atoms with Gasteiger partial charge in [0.15, 0.2) is 0 Å². The molecule has 25 heavy (non-hydrogen) atoms. The van der Waals surface area contributed by atoms with Gasteiger partial charge in [0, 0.05) is 32.7 Å². The maximum atomic E-state index is 12.9. The van der Waals surface area contributed by atoms with Crippen molar-refractivity contribution in [3.63, 3.8) is 0 Å². The molecule has 0 bridgehead atoms. The monoisotopic (exact) mass is 404 g/mol. The lowest BCUT2D eigenvalue weighted by atomic mass is 10.1. The van der Waals surface area contributed by atoms with Crippen LogP contribution < -0.4 is 0 Å². The summed E-state index contributed by atoms with van der Waals surface area (Å²) in [6.45, 7) is 2.14. The molecular formula is C16H18ClFN2O3S2. The zero-order valence-electron chi connectivity index (χ0n) is 13.3. The third kappa shape index (κ3) is 4.39. The smallest absolute Gasteiger partial charge is 0.252 e. The van der Waals surface area contributed by atoms with Crippen LogP contribution >= 0.6 is 22.9 Å². The lowest BCUT2D eigenvalue weighted by Crippen LogP contribution is -2.49. The number of nitrogens with zero attached hydrogens (tertiary/aromatic N) is 2. The summed E-state index contributed by atoms with van der Waals surface area (Å²) in [6, 6.07) is 8.84. The average Bonchev–Trinajstić information content (AvgIpc) is 3.03. The SMILES string of the molecule is O=S(=O)(c1ccc(Cl)s1)N1CCN(C[C@@H](O)c2ccc(F)cc2)CC1. The minimum absolute atomic E-state index is 0.247. The molecule has 0 aliphatic carbocycles. The van der Waals surface area contributed by atoms with Crippen molar-refractivity contribution in [3.05, 3.63) is 52.1 Å². The lowest BCUT2D eigenvalue weighted by molar-refractivity contribution is 0.0921. The van der Waals surface area contributed by atoms with Crippen molar-refractivity contribution < 1.29 is 17.9 Å². The van der Waals surface area contributed by atoms with E-state index in [-0.39, 0.29) is 10.0 Å². The second kappa shape index (κ2) is 7.69. The van der Waals surface area contributed by atoms with E-state index in [1.807, 2.05) is 4.90 Å². The number of rotatable bonds is 5. The summed E-state index contributed by atoms with van der Waals surface area (Å²) in [5.74, 6) is -0.344. The van der Waals surface area contributed by atoms with Crippen LogP contribution in [-0.2, 0) is 10.0 Å². The zero-order valence-corrected chi connectivity index (χ0v) is 15.7. The van der Waals surface area contributed by atoms with E-state index in [2.05, 4.69) is 0 Å². The van der Waals surface area contributed by atoms with Crippen molar-refractivity contribution in [2.24, 2.45) is 0 Å². The first-order chi connectivity index (χ1) is 11.9. The summed E-state index contributed by atoms with van der Waals surface area (Å²) in [4.78, 5) is 2.00. The molecule has 0 unspecified atom stereocenters. The molecule has 0 spiro atoms. The Morgan fingerprint density at radius 3 is 2.32 bits per heavy atom. The number of hydrogen-bond donors (Lipinski definition) is 1. The maximum absolute atomic E-state index is 12.9. The fourth-order valence-corrected chi connectivity index (χ4v) is 5.81. The highest BCUT2D eigenvalue weighted by Crippen LogP contribution is 2.28. The van der Waals surface area contributed by atoms with Gasteiger partial charge in [0.1, 0.15) is 10.0 Å². The van der Waals surface area contributed by atoms with Crippen LogP contribution in [0.4, 0.5) is 4.39 Å². The van der Waals surface area contributed by atoms with Crippen molar-refractivity contribution in [1.82, 2.24) is 9.21 Å². The Labute approximate surface area is 155 Å². The zero-order chi connectivity index (χ0) is 18.0. The highest BCUT2D eigenvalue weighted by Gasteiger charge is 2.30. The molecule has 1 fully saturated rings. The van der Waals surface area contributed by atoms with Crippen LogP contribution in [0.25, 0.3) is 0 Å². The van der Waals surface area contributed by atoms with E-state index in [0.717, 1.165) is 11.3 Å². The molecule has 2 heterocycles. The summed E-state index contributed by atoms with van der Waals surface area (Å²) < 4.78 is 40.2. The highest BCUT2D eigenvalue weighted by molar-refractivity contribution is 7.91. The van der Waals surface area contributed by atoms with E-state index in [4.69, 9.17) is 11.6 Å². The lowest BCUT2D eigenvalue weighted by Gasteiger charge is -2.34. The molecule has 3 rings (SSSR count). The molecule has 0 saturated carbocycles. The summed E-state index contributed by atoms with van der Waals surface area (Å²) in [5, 5.41) is 10.3. The van der Waals surface area contributed by atoms with Gasteiger partial charge in [-0.3, -0.25) is 4.90 Å². The van der Waals surface area contributed by atoms with E-state index in [0.29, 0.717) is 42.6 Å². The van der Waals surface area contributed by atoms with Crippen LogP contribution in [-0.4, -0.2) is 55.5 Å². The van der Waals surface area contributed by atoms with Gasteiger partial charge in [-0.25, -0.2) is 12.8 Å². The number of thiophene rings is 1. The second-order valence-electron chi connectivity index (χ2n) is 5.83. The van der Waals surface area contributed by atoms with Crippen molar-refractivity contribution in [2.45, 2.75) is 10.3 Å². The predicted molar refractivity (Wildman–Crippen MR) is 95.9 cm³/mol. The molecule has 1 saturated heterocycles. The second-order valence-corrected chi connectivity index (χ2v) is 9.71. The van der Waals surface area contributed by atoms with Crippen LogP contribution in [0.2, 0.25) is 4.34 Å². The molecule has 1 N–H and O–H groups in total. The molecule has 1 aliphatic rings. The van der Waals surface area contributed by atoms with E-state index < -0.39 is 16.1 Å². The number of aliphatic hydroxyl groups excluding tert-OH is 1. The number of hydrogen-bond acceptors (Lipinski definition) is 5. The van der Waals surface area contributed by atoms with Gasteiger partial charge in [-0.15, -0.1) is 11.3 Å². The Bertz CT molecular complexity index is 818. The Balaban J connectivity index is 1.57. The normalized spacial score (nSPS) is 18.4. The number of halogens is 2. The summed E-state index contributed by atoms with van der Waals surface area (Å²) >= 11 is 6.88. The highest BCUT2D eigenvalue weighted by atomic mass is 35.5. The third-order valence-corrected chi connectivity index (χ3v) is 7.76. The van der Waals surface area contributed by atoms with Crippen LogP contribution in [0.3, 0.4) is 0 Å². The minimum atomic E-state index is -3.51. The topological polar surface area (TPSA) is 60.9 Å². The molecule has 5 nitrogen and oxygen atoms in total. The molecule has 1 aromatic heterocycles. The number of aliphatic hydroxyl groups is 1. The Morgan fingerprint density at radius 1 is 1.12 bits per heavy atom. The van der Waals surface area contributed by atoms with Crippen LogP contribution in [0, 0.1) is 5.82 Å². The number of piperazine rings is 1. The standard InChI is InChI=1S/C16H18ClFN2O3S2/c17-15-5-6-16(24-15)25(22,23)20-9-7-19(8-10-20)11-14(21)12-1-3-13(18)4-2-12/h1-6,14,21H,7-11H2/t14-/m1/s1. The van der Waals surface area contributed by atoms with Crippen LogP contribution in [0.1, 0.15) is 11.7 Å². The first-order valence-electron chi connectivity index (χ1n) is 7.77. The number of sulfonamides is 1. The quantitative estimate of drug-likeness (QED) is 0.832. The predicted octanol–water partition coefficient (Wildman–Crippen LogP) is 2.58. The number of β-amino-alcohol motifs (C(OH)–C–C–N with tert-alkyl or cyclic N) is 1. The van der Waals surface area contributed by atoms with E-state index >= 15 is 0 Å². The summed E-state index contributed by atoms with van der Waals surface area (Å²) in [7, 11) is -3.51. The molecular weight excluding hydrogens is 387 g/mol. The molecule has 1 aliphatic heterocycles. The van der Waals surface area contributed by atoms with Gasteiger partial charge in [-0.05, 0) is 29.8 Å². The van der Waals surface area contributed by atoms with Crippen LogP contribution in [0.15, 0.2) is 40.6 Å². The van der Waals surface area contributed by atoms with Gasteiger partial charge >= 0.3 is 0 Å². The average molecular weight is 405 g/mol. The van der Waals surface area contributed by atoms with Gasteiger partial charge in [0.25, 0.3) is 10.0 Å². The molecule has 0 radical (unpaired) electrons. The van der Waals surface area contributed by atoms with Gasteiger partial charge in [0.05, 0.1) is 10.4 Å². The molecule has 1 aromatic carbocycles. The third-order valence-electron chi connectivity index (χ3n) is 4.16. The fourth-order valence-electron chi connectivity index (χ4n) is 2.75. The van der Waals surface area contributed by atoms with Gasteiger partial charge in [-0.1, -0.05) is 23.7 Å². The van der Waals surface area contributed by atoms with Crippen molar-refractivity contribution in [1.29, 1.82) is 0 Å². The largest absolute Gasteiger partial charge is 0.387 e. The maximum Gasteiger partial charge on any atom is 0.252 e. The number of benzene rings is 1. The van der Waals surface area contributed by atoms with Gasteiger partial charge in [-0.2, -0.15) is 4.31 Å². The Morgan fingerprint density at radius 2 is 1.76 bits per heavy atom. The van der Waals surface area contributed by atoms with Crippen LogP contribution in [0.5, 0.6) is 0 Å². The van der Waals surface area contributed by atoms with E-state index in [9.17, 15) is 17.9 Å². The fraction of sp³-hybridized carbons (Fsp3) is 0.375. The van der Waals surface area contributed by atoms with E-state index in [1.54, 1.807) is 18.2 Å². The molecule has 9 heteroatoms. The van der Waals surface area contributed by atoms with E-state index in [1.165, 1.54) is 22.5 Å². The first kappa shape index (κ1) is 18.8. The molecule has 136 valence electrons. The Hall–Kier alpha value is -1.03.